The van der Waals surface area contributed by atoms with Gasteiger partial charge in [-0.3, -0.25) is 9.89 Å². The zero-order valence-corrected chi connectivity index (χ0v) is 14.2. The number of rotatable bonds is 1. The van der Waals surface area contributed by atoms with Crippen LogP contribution in [0.15, 0.2) is 47.3 Å². The number of fused-ring (bicyclic) bond motifs is 3. The number of H-pyrrole nitrogens is 1. The Hall–Kier alpha value is -2.88. The van der Waals surface area contributed by atoms with Crippen LogP contribution in [-0.4, -0.2) is 14.6 Å². The second kappa shape index (κ2) is 5.31. The molecule has 1 N–H and O–H groups in total. The van der Waals surface area contributed by atoms with Crippen molar-refractivity contribution in [2.45, 2.75) is 32.6 Å². The highest BCUT2D eigenvalue weighted by Crippen LogP contribution is 2.33. The third-order valence-electron chi connectivity index (χ3n) is 5.29. The van der Waals surface area contributed by atoms with E-state index >= 15 is 0 Å². The molecule has 0 bridgehead atoms. The summed E-state index contributed by atoms with van der Waals surface area (Å²) in [6, 6.07) is 14.6. The Kier molecular flexibility index (Phi) is 3.07. The lowest BCUT2D eigenvalue weighted by Gasteiger charge is -2.14. The molecule has 4 heteroatoms. The van der Waals surface area contributed by atoms with Crippen molar-refractivity contribution in [1.82, 2.24) is 14.6 Å². The minimum absolute atomic E-state index is 0.0642. The van der Waals surface area contributed by atoms with Gasteiger partial charge in [-0.2, -0.15) is 0 Å². The zero-order chi connectivity index (χ0) is 17.0. The highest BCUT2D eigenvalue weighted by molar-refractivity contribution is 6.00. The molecule has 5 rings (SSSR count). The van der Waals surface area contributed by atoms with Crippen LogP contribution in [0, 0.1) is 6.92 Å². The van der Waals surface area contributed by atoms with Crippen molar-refractivity contribution in [2.24, 2.45) is 0 Å². The van der Waals surface area contributed by atoms with Crippen LogP contribution < -0.4 is 5.56 Å². The lowest BCUT2D eigenvalue weighted by Crippen LogP contribution is -2.25. The number of nitrogens with zero attached hydrogens (tertiary/aromatic N) is 2. The second-order valence-corrected chi connectivity index (χ2v) is 6.85. The van der Waals surface area contributed by atoms with Gasteiger partial charge in [0, 0.05) is 16.8 Å². The molecule has 1 aliphatic rings. The van der Waals surface area contributed by atoms with E-state index in [9.17, 15) is 4.79 Å². The third-order valence-corrected chi connectivity index (χ3v) is 5.29. The number of aryl methyl sites for hydroxylation is 2. The molecule has 0 saturated carbocycles. The van der Waals surface area contributed by atoms with Gasteiger partial charge in [-0.05, 0) is 48.9 Å². The lowest BCUT2D eigenvalue weighted by molar-refractivity contribution is 0.651. The molecule has 0 atom stereocenters. The number of aromatic nitrogens is 3. The van der Waals surface area contributed by atoms with Gasteiger partial charge in [0.05, 0.1) is 5.69 Å². The summed E-state index contributed by atoms with van der Waals surface area (Å²) >= 11 is 0. The molecule has 0 aliphatic heterocycles. The maximum atomic E-state index is 12.9. The Morgan fingerprint density at radius 3 is 2.76 bits per heavy atom. The molecule has 124 valence electrons. The van der Waals surface area contributed by atoms with Gasteiger partial charge < -0.3 is 0 Å². The van der Waals surface area contributed by atoms with Gasteiger partial charge in [0.15, 0.2) is 5.65 Å². The summed E-state index contributed by atoms with van der Waals surface area (Å²) in [5.74, 6) is 0. The molecule has 2 aromatic heterocycles. The first kappa shape index (κ1) is 14.5. The van der Waals surface area contributed by atoms with Crippen LogP contribution in [0.5, 0.6) is 0 Å². The highest BCUT2D eigenvalue weighted by Gasteiger charge is 2.21. The van der Waals surface area contributed by atoms with E-state index in [4.69, 9.17) is 4.98 Å². The minimum Gasteiger partial charge on any atom is -0.293 e. The van der Waals surface area contributed by atoms with Crippen LogP contribution >= 0.6 is 0 Å². The Morgan fingerprint density at radius 2 is 1.84 bits per heavy atom. The van der Waals surface area contributed by atoms with Crippen LogP contribution in [0.1, 0.15) is 29.8 Å². The first-order chi connectivity index (χ1) is 12.2. The second-order valence-electron chi connectivity index (χ2n) is 6.85. The molecule has 2 aromatic carbocycles. The quantitative estimate of drug-likeness (QED) is 0.573. The molecule has 0 spiro atoms. The normalized spacial score (nSPS) is 14.1. The Bertz CT molecular complexity index is 1180. The number of hydrogen-bond donors (Lipinski definition) is 1. The molecule has 0 fully saturated rings. The number of benzene rings is 2. The molecular formula is C21H19N3O. The lowest BCUT2D eigenvalue weighted by atomic mass is 9.96. The zero-order valence-electron chi connectivity index (χ0n) is 14.2. The maximum Gasteiger partial charge on any atom is 0.276 e. The maximum absolute atomic E-state index is 12.9. The smallest absolute Gasteiger partial charge is 0.276 e. The molecule has 0 radical (unpaired) electrons. The van der Waals surface area contributed by atoms with Crippen molar-refractivity contribution < 1.29 is 0 Å². The molecule has 2 heterocycles. The SMILES string of the molecule is Cc1[nH]n2c(=O)c3c(nc2c1-c1cccc2ccccc12)CCCC3. The summed E-state index contributed by atoms with van der Waals surface area (Å²) in [6.07, 6.45) is 3.93. The molecular weight excluding hydrogens is 310 g/mol. The molecule has 1 aliphatic carbocycles. The fraction of sp³-hybridized carbons (Fsp3) is 0.238. The van der Waals surface area contributed by atoms with Crippen molar-refractivity contribution in [3.63, 3.8) is 0 Å². The summed E-state index contributed by atoms with van der Waals surface area (Å²) in [6.45, 7) is 2.02. The van der Waals surface area contributed by atoms with E-state index < -0.39 is 0 Å². The Labute approximate surface area is 145 Å². The summed E-state index contributed by atoms with van der Waals surface area (Å²) in [5.41, 5.74) is 5.81. The molecule has 4 nitrogen and oxygen atoms in total. The Morgan fingerprint density at radius 1 is 1.04 bits per heavy atom. The molecule has 0 unspecified atom stereocenters. The van der Waals surface area contributed by atoms with Crippen LogP contribution in [0.25, 0.3) is 27.5 Å². The van der Waals surface area contributed by atoms with Crippen LogP contribution in [-0.2, 0) is 12.8 Å². The van der Waals surface area contributed by atoms with Crippen molar-refractivity contribution >= 4 is 16.4 Å². The average Bonchev–Trinajstić information content (AvgIpc) is 2.98. The summed E-state index contributed by atoms with van der Waals surface area (Å²) in [5, 5.41) is 5.63. The summed E-state index contributed by atoms with van der Waals surface area (Å²) in [7, 11) is 0. The van der Waals surface area contributed by atoms with Crippen molar-refractivity contribution in [2.75, 3.05) is 0 Å². The van der Waals surface area contributed by atoms with E-state index in [2.05, 4.69) is 41.5 Å². The third kappa shape index (κ3) is 2.07. The molecule has 4 aromatic rings. The highest BCUT2D eigenvalue weighted by atomic mass is 16.1. The van der Waals surface area contributed by atoms with Gasteiger partial charge in [-0.25, -0.2) is 9.50 Å². The fourth-order valence-electron chi connectivity index (χ4n) is 4.08. The molecule has 0 amide bonds. The van der Waals surface area contributed by atoms with E-state index in [1.54, 1.807) is 4.52 Å². The van der Waals surface area contributed by atoms with E-state index in [0.717, 1.165) is 59.4 Å². The first-order valence-electron chi connectivity index (χ1n) is 8.85. The molecule has 0 saturated heterocycles. The summed E-state index contributed by atoms with van der Waals surface area (Å²) < 4.78 is 1.64. The van der Waals surface area contributed by atoms with Crippen molar-refractivity contribution in [3.8, 4) is 11.1 Å². The van der Waals surface area contributed by atoms with Crippen LogP contribution in [0.3, 0.4) is 0 Å². The van der Waals surface area contributed by atoms with Gasteiger partial charge in [0.1, 0.15) is 0 Å². The number of nitrogens with one attached hydrogen (secondary N) is 1. The number of hydrogen-bond acceptors (Lipinski definition) is 2. The predicted molar refractivity (Wildman–Crippen MR) is 100 cm³/mol. The van der Waals surface area contributed by atoms with Crippen LogP contribution in [0.4, 0.5) is 0 Å². The van der Waals surface area contributed by atoms with Gasteiger partial charge in [-0.15, -0.1) is 0 Å². The monoisotopic (exact) mass is 329 g/mol. The fourth-order valence-corrected chi connectivity index (χ4v) is 4.08. The minimum atomic E-state index is 0.0642. The van der Waals surface area contributed by atoms with E-state index in [1.807, 2.05) is 13.0 Å². The summed E-state index contributed by atoms with van der Waals surface area (Å²) in [4.78, 5) is 17.8. The standard InChI is InChI=1S/C21H19N3O/c1-13-19(16-11-6-8-14-7-2-3-9-15(14)16)20-22-18-12-5-4-10-17(18)21(25)24(20)23-13/h2-3,6-9,11,23H,4-5,10,12H2,1H3. The van der Waals surface area contributed by atoms with Gasteiger partial charge >= 0.3 is 0 Å². The van der Waals surface area contributed by atoms with Gasteiger partial charge in [-0.1, -0.05) is 42.5 Å². The largest absolute Gasteiger partial charge is 0.293 e. The topological polar surface area (TPSA) is 50.2 Å². The van der Waals surface area contributed by atoms with E-state index in [1.165, 1.54) is 10.8 Å². The number of aromatic amines is 1. The van der Waals surface area contributed by atoms with Gasteiger partial charge in [0.2, 0.25) is 0 Å². The van der Waals surface area contributed by atoms with Crippen LogP contribution in [0.2, 0.25) is 0 Å². The van der Waals surface area contributed by atoms with Crippen molar-refractivity contribution in [3.05, 3.63) is 69.8 Å². The van der Waals surface area contributed by atoms with E-state index in [-0.39, 0.29) is 5.56 Å². The Balaban J connectivity index is 1.89. The predicted octanol–water partition coefficient (Wildman–Crippen LogP) is 4.03. The first-order valence-corrected chi connectivity index (χ1v) is 8.85. The van der Waals surface area contributed by atoms with E-state index in [0.29, 0.717) is 0 Å². The van der Waals surface area contributed by atoms with Crippen molar-refractivity contribution in [1.29, 1.82) is 0 Å². The average molecular weight is 329 g/mol. The molecule has 25 heavy (non-hydrogen) atoms. The van der Waals surface area contributed by atoms with Gasteiger partial charge in [0.25, 0.3) is 5.56 Å².